The SMILES string of the molecule is CN(C)c1ncccc1CNC(=O)c1ccccc1-c1ccc(C(F)(F)F)cc1. The summed E-state index contributed by atoms with van der Waals surface area (Å²) in [4.78, 5) is 19.0. The highest BCUT2D eigenvalue weighted by molar-refractivity contribution is 6.00. The number of anilines is 1. The first kappa shape index (κ1) is 20.4. The molecular formula is C22H20F3N3O. The molecule has 0 spiro atoms. The van der Waals surface area contributed by atoms with Crippen molar-refractivity contribution in [1.82, 2.24) is 10.3 Å². The van der Waals surface area contributed by atoms with Gasteiger partial charge in [0.15, 0.2) is 0 Å². The molecule has 0 atom stereocenters. The van der Waals surface area contributed by atoms with E-state index in [0.717, 1.165) is 23.5 Å². The topological polar surface area (TPSA) is 45.2 Å². The Morgan fingerprint density at radius 1 is 1.00 bits per heavy atom. The van der Waals surface area contributed by atoms with Gasteiger partial charge in [-0.2, -0.15) is 13.2 Å². The molecule has 3 rings (SSSR count). The summed E-state index contributed by atoms with van der Waals surface area (Å²) in [6, 6.07) is 15.3. The van der Waals surface area contributed by atoms with Gasteiger partial charge in [0.25, 0.3) is 5.91 Å². The predicted molar refractivity (Wildman–Crippen MR) is 107 cm³/mol. The highest BCUT2D eigenvalue weighted by Crippen LogP contribution is 2.31. The smallest absolute Gasteiger partial charge is 0.362 e. The van der Waals surface area contributed by atoms with E-state index in [1.807, 2.05) is 25.1 Å². The lowest BCUT2D eigenvalue weighted by Gasteiger charge is -2.16. The van der Waals surface area contributed by atoms with E-state index in [1.54, 1.807) is 36.5 Å². The number of halogens is 3. The van der Waals surface area contributed by atoms with Crippen molar-refractivity contribution < 1.29 is 18.0 Å². The Morgan fingerprint density at radius 2 is 1.69 bits per heavy atom. The van der Waals surface area contributed by atoms with Crippen LogP contribution in [0.1, 0.15) is 21.5 Å². The Bertz CT molecular complexity index is 999. The second-order valence-electron chi connectivity index (χ2n) is 6.68. The third-order valence-electron chi connectivity index (χ3n) is 4.43. The lowest BCUT2D eigenvalue weighted by molar-refractivity contribution is -0.137. The molecule has 4 nitrogen and oxygen atoms in total. The third-order valence-corrected chi connectivity index (χ3v) is 4.43. The minimum Gasteiger partial charge on any atom is -0.362 e. The van der Waals surface area contributed by atoms with E-state index in [2.05, 4.69) is 10.3 Å². The second kappa shape index (κ2) is 8.34. The van der Waals surface area contributed by atoms with Gasteiger partial charge in [-0.15, -0.1) is 0 Å². The molecule has 29 heavy (non-hydrogen) atoms. The lowest BCUT2D eigenvalue weighted by Crippen LogP contribution is -2.25. The second-order valence-corrected chi connectivity index (χ2v) is 6.68. The minimum atomic E-state index is -4.40. The van der Waals surface area contributed by atoms with Crippen LogP contribution in [0, 0.1) is 0 Å². The molecule has 0 radical (unpaired) electrons. The molecule has 0 aliphatic rings. The van der Waals surface area contributed by atoms with Crippen LogP contribution in [-0.2, 0) is 12.7 Å². The van der Waals surface area contributed by atoms with E-state index in [4.69, 9.17) is 0 Å². The van der Waals surface area contributed by atoms with Gasteiger partial charge in [0, 0.05) is 38.0 Å². The van der Waals surface area contributed by atoms with Crippen LogP contribution in [0.5, 0.6) is 0 Å². The summed E-state index contributed by atoms with van der Waals surface area (Å²) in [6.07, 6.45) is -2.72. The molecule has 0 aliphatic heterocycles. The normalized spacial score (nSPS) is 11.2. The van der Waals surface area contributed by atoms with Crippen molar-refractivity contribution in [3.8, 4) is 11.1 Å². The Hall–Kier alpha value is -3.35. The molecular weight excluding hydrogens is 379 g/mol. The van der Waals surface area contributed by atoms with Gasteiger partial charge in [-0.05, 0) is 35.4 Å². The number of carbonyl (C=O) groups is 1. The molecule has 0 saturated carbocycles. The van der Waals surface area contributed by atoms with Gasteiger partial charge >= 0.3 is 6.18 Å². The number of rotatable bonds is 5. The van der Waals surface area contributed by atoms with Crippen LogP contribution in [0.25, 0.3) is 11.1 Å². The summed E-state index contributed by atoms with van der Waals surface area (Å²) in [5.74, 6) is 0.442. The van der Waals surface area contributed by atoms with Crippen molar-refractivity contribution in [2.24, 2.45) is 0 Å². The molecule has 0 saturated heterocycles. The van der Waals surface area contributed by atoms with Gasteiger partial charge in [0.1, 0.15) is 5.82 Å². The Kier molecular flexibility index (Phi) is 5.87. The summed E-state index contributed by atoms with van der Waals surface area (Å²) in [7, 11) is 3.74. The fourth-order valence-corrected chi connectivity index (χ4v) is 3.01. The highest BCUT2D eigenvalue weighted by Gasteiger charge is 2.30. The Labute approximate surface area is 167 Å². The first-order valence-corrected chi connectivity index (χ1v) is 8.93. The first-order valence-electron chi connectivity index (χ1n) is 8.93. The van der Waals surface area contributed by atoms with Crippen LogP contribution in [0.2, 0.25) is 0 Å². The summed E-state index contributed by atoms with van der Waals surface area (Å²) < 4.78 is 38.4. The number of aromatic nitrogens is 1. The molecule has 150 valence electrons. The van der Waals surface area contributed by atoms with Crippen LogP contribution in [0.15, 0.2) is 66.9 Å². The summed E-state index contributed by atoms with van der Waals surface area (Å²) in [5, 5.41) is 2.87. The Balaban J connectivity index is 1.83. The molecule has 7 heteroatoms. The molecule has 0 bridgehead atoms. The van der Waals surface area contributed by atoms with Crippen LogP contribution in [-0.4, -0.2) is 25.0 Å². The van der Waals surface area contributed by atoms with Crippen molar-refractivity contribution in [2.45, 2.75) is 12.7 Å². The van der Waals surface area contributed by atoms with Gasteiger partial charge in [-0.25, -0.2) is 4.98 Å². The van der Waals surface area contributed by atoms with E-state index in [0.29, 0.717) is 16.7 Å². The summed E-state index contributed by atoms with van der Waals surface area (Å²) in [6.45, 7) is 0.279. The van der Waals surface area contributed by atoms with Gasteiger partial charge in [-0.3, -0.25) is 4.79 Å². The van der Waals surface area contributed by atoms with E-state index in [-0.39, 0.29) is 12.5 Å². The van der Waals surface area contributed by atoms with Crippen molar-refractivity contribution >= 4 is 11.7 Å². The quantitative estimate of drug-likeness (QED) is 0.673. The summed E-state index contributed by atoms with van der Waals surface area (Å²) in [5.41, 5.74) is 1.63. The lowest BCUT2D eigenvalue weighted by atomic mass is 9.98. The largest absolute Gasteiger partial charge is 0.416 e. The zero-order valence-electron chi connectivity index (χ0n) is 16.0. The van der Waals surface area contributed by atoms with Crippen molar-refractivity contribution in [1.29, 1.82) is 0 Å². The zero-order chi connectivity index (χ0) is 21.0. The van der Waals surface area contributed by atoms with Crippen LogP contribution in [0.3, 0.4) is 0 Å². The average Bonchev–Trinajstić information content (AvgIpc) is 2.71. The molecule has 0 unspecified atom stereocenters. The van der Waals surface area contributed by atoms with Gasteiger partial charge in [-0.1, -0.05) is 36.4 Å². The highest BCUT2D eigenvalue weighted by atomic mass is 19.4. The van der Waals surface area contributed by atoms with E-state index in [1.165, 1.54) is 12.1 Å². The van der Waals surface area contributed by atoms with Crippen molar-refractivity contribution in [2.75, 3.05) is 19.0 Å². The van der Waals surface area contributed by atoms with Crippen LogP contribution < -0.4 is 10.2 Å². The number of nitrogens with zero attached hydrogens (tertiary/aromatic N) is 2. The van der Waals surface area contributed by atoms with Gasteiger partial charge in [0.2, 0.25) is 0 Å². The maximum Gasteiger partial charge on any atom is 0.416 e. The van der Waals surface area contributed by atoms with E-state index >= 15 is 0 Å². The monoisotopic (exact) mass is 399 g/mol. The van der Waals surface area contributed by atoms with Crippen LogP contribution in [0.4, 0.5) is 19.0 Å². The standard InChI is InChI=1S/C22H20F3N3O/c1-28(2)20-16(6-5-13-26-20)14-27-21(29)19-8-4-3-7-18(19)15-9-11-17(12-10-15)22(23,24)25/h3-13H,14H2,1-2H3,(H,27,29). The molecule has 1 amide bonds. The van der Waals surface area contributed by atoms with E-state index < -0.39 is 11.7 Å². The number of benzene rings is 2. The van der Waals surface area contributed by atoms with Gasteiger partial charge < -0.3 is 10.2 Å². The number of carbonyl (C=O) groups excluding carboxylic acids is 1. The number of alkyl halides is 3. The van der Waals surface area contributed by atoms with Crippen LogP contribution >= 0.6 is 0 Å². The number of hydrogen-bond donors (Lipinski definition) is 1. The molecule has 1 heterocycles. The average molecular weight is 399 g/mol. The minimum absolute atomic E-state index is 0.279. The van der Waals surface area contributed by atoms with Gasteiger partial charge in [0.05, 0.1) is 5.56 Å². The first-order chi connectivity index (χ1) is 13.8. The fraction of sp³-hybridized carbons (Fsp3) is 0.182. The van der Waals surface area contributed by atoms with E-state index in [9.17, 15) is 18.0 Å². The maximum atomic E-state index is 12.8. The molecule has 0 aliphatic carbocycles. The third kappa shape index (κ3) is 4.74. The molecule has 1 aromatic heterocycles. The van der Waals surface area contributed by atoms with Crippen molar-refractivity contribution in [3.63, 3.8) is 0 Å². The number of hydrogen-bond acceptors (Lipinski definition) is 3. The fourth-order valence-electron chi connectivity index (χ4n) is 3.01. The number of nitrogens with one attached hydrogen (secondary N) is 1. The maximum absolute atomic E-state index is 12.8. The molecule has 1 N–H and O–H groups in total. The molecule has 3 aromatic rings. The summed E-state index contributed by atoms with van der Waals surface area (Å²) >= 11 is 0. The molecule has 2 aromatic carbocycles. The number of amides is 1. The Morgan fingerprint density at radius 3 is 2.34 bits per heavy atom. The predicted octanol–water partition coefficient (Wildman–Crippen LogP) is 4.76. The number of pyridine rings is 1. The molecule has 0 fully saturated rings. The zero-order valence-corrected chi connectivity index (χ0v) is 16.0. The van der Waals surface area contributed by atoms with Crippen molar-refractivity contribution in [3.05, 3.63) is 83.6 Å².